The van der Waals surface area contributed by atoms with Crippen LogP contribution in [0.4, 0.5) is 15.8 Å². The first-order valence-corrected chi connectivity index (χ1v) is 9.06. The van der Waals surface area contributed by atoms with E-state index in [4.69, 9.17) is 17.0 Å². The maximum absolute atomic E-state index is 13.7. The second kappa shape index (κ2) is 8.63. The summed E-state index contributed by atoms with van der Waals surface area (Å²) in [6.07, 6.45) is 0. The molecular weight excluding hydrogens is 375 g/mol. The number of ether oxygens (including phenoxy) is 1. The first-order chi connectivity index (χ1) is 13.4. The van der Waals surface area contributed by atoms with Crippen LogP contribution in [-0.4, -0.2) is 11.1 Å². The van der Waals surface area contributed by atoms with E-state index in [0.29, 0.717) is 11.3 Å². The van der Waals surface area contributed by atoms with E-state index >= 15 is 0 Å². The van der Waals surface area contributed by atoms with Gasteiger partial charge in [0.05, 0.1) is 5.69 Å². The van der Waals surface area contributed by atoms with Gasteiger partial charge in [-0.2, -0.15) is 0 Å². The van der Waals surface area contributed by atoms with Gasteiger partial charge in [-0.1, -0.05) is 30.3 Å². The van der Waals surface area contributed by atoms with Gasteiger partial charge in [-0.15, -0.1) is 0 Å². The minimum Gasteiger partial charge on any atom is -0.432 e. The maximum atomic E-state index is 13.7. The molecule has 0 bridgehead atoms. The Hall–Kier alpha value is -3.25. The lowest BCUT2D eigenvalue weighted by Crippen LogP contribution is -2.18. The van der Waals surface area contributed by atoms with Crippen molar-refractivity contribution in [2.45, 2.75) is 13.8 Å². The van der Waals surface area contributed by atoms with E-state index in [-0.39, 0.29) is 10.9 Å². The fourth-order valence-corrected chi connectivity index (χ4v) is 2.79. The normalized spacial score (nSPS) is 10.2. The Labute approximate surface area is 168 Å². The molecule has 0 unspecified atom stereocenters. The van der Waals surface area contributed by atoms with Crippen LogP contribution in [0.15, 0.2) is 66.7 Å². The number of anilines is 2. The first kappa shape index (κ1) is 19.5. The average Bonchev–Trinajstić information content (AvgIpc) is 2.67. The lowest BCUT2D eigenvalue weighted by Gasteiger charge is -2.13. The van der Waals surface area contributed by atoms with Gasteiger partial charge in [0.25, 0.3) is 11.1 Å². The van der Waals surface area contributed by atoms with E-state index < -0.39 is 11.7 Å². The molecule has 3 aromatic carbocycles. The highest BCUT2D eigenvalue weighted by atomic mass is 32.1. The molecule has 3 aromatic rings. The Morgan fingerprint density at radius 2 is 1.64 bits per heavy atom. The van der Waals surface area contributed by atoms with Crippen molar-refractivity contribution in [2.75, 3.05) is 10.6 Å². The van der Waals surface area contributed by atoms with Crippen LogP contribution in [0, 0.1) is 19.7 Å². The summed E-state index contributed by atoms with van der Waals surface area (Å²) in [6, 6.07) is 18.4. The van der Waals surface area contributed by atoms with Crippen LogP contribution in [0.3, 0.4) is 0 Å². The maximum Gasteiger partial charge on any atom is 0.266 e. The molecular formula is C22H19FN2O2S. The molecule has 4 nitrogen and oxygen atoms in total. The molecule has 28 heavy (non-hydrogen) atoms. The molecule has 0 aliphatic heterocycles. The first-order valence-electron chi connectivity index (χ1n) is 8.65. The SMILES string of the molecule is Cc1cccc(NC(=S)Oc2cccc(C(=O)Nc3ccccc3F)c2)c1C. The highest BCUT2D eigenvalue weighted by Crippen LogP contribution is 2.20. The average molecular weight is 394 g/mol. The second-order valence-electron chi connectivity index (χ2n) is 6.22. The lowest BCUT2D eigenvalue weighted by molar-refractivity contribution is 0.102. The van der Waals surface area contributed by atoms with Crippen LogP contribution in [0.1, 0.15) is 21.5 Å². The van der Waals surface area contributed by atoms with Crippen LogP contribution in [0.25, 0.3) is 0 Å². The van der Waals surface area contributed by atoms with Gasteiger partial charge in [0.15, 0.2) is 0 Å². The molecule has 0 heterocycles. The molecule has 0 fully saturated rings. The van der Waals surface area contributed by atoms with Gasteiger partial charge in [0, 0.05) is 11.3 Å². The van der Waals surface area contributed by atoms with Crippen LogP contribution < -0.4 is 15.4 Å². The van der Waals surface area contributed by atoms with Crippen molar-refractivity contribution in [2.24, 2.45) is 0 Å². The highest BCUT2D eigenvalue weighted by molar-refractivity contribution is 7.80. The predicted octanol–water partition coefficient (Wildman–Crippen LogP) is 5.47. The molecule has 0 aliphatic carbocycles. The molecule has 1 amide bonds. The molecule has 142 valence electrons. The van der Waals surface area contributed by atoms with Crippen molar-refractivity contribution in [3.8, 4) is 5.75 Å². The number of amides is 1. The van der Waals surface area contributed by atoms with Gasteiger partial charge in [-0.05, 0) is 73.6 Å². The molecule has 0 aliphatic rings. The van der Waals surface area contributed by atoms with Gasteiger partial charge in [0.1, 0.15) is 11.6 Å². The monoisotopic (exact) mass is 394 g/mol. The van der Waals surface area contributed by atoms with Crippen molar-refractivity contribution in [3.63, 3.8) is 0 Å². The summed E-state index contributed by atoms with van der Waals surface area (Å²) in [5.41, 5.74) is 3.52. The number of benzene rings is 3. The van der Waals surface area contributed by atoms with Crippen LogP contribution >= 0.6 is 12.2 Å². The lowest BCUT2D eigenvalue weighted by atomic mass is 10.1. The molecule has 0 aromatic heterocycles. The zero-order chi connectivity index (χ0) is 20.1. The standard InChI is InChI=1S/C22H19FN2O2S/c1-14-7-5-12-19(15(14)2)25-22(28)27-17-9-6-8-16(13-17)21(26)24-20-11-4-3-10-18(20)23/h3-13H,1-2H3,(H,24,26)(H,25,28). The minimum atomic E-state index is -0.498. The number of aryl methyl sites for hydroxylation is 1. The minimum absolute atomic E-state index is 0.117. The third kappa shape index (κ3) is 4.72. The Morgan fingerprint density at radius 3 is 2.43 bits per heavy atom. The second-order valence-corrected chi connectivity index (χ2v) is 6.59. The number of hydrogen-bond donors (Lipinski definition) is 2. The van der Waals surface area contributed by atoms with Crippen molar-refractivity contribution >= 4 is 34.7 Å². The number of thiocarbonyl (C=S) groups is 1. The van der Waals surface area contributed by atoms with Gasteiger partial charge in [-0.3, -0.25) is 4.79 Å². The fraction of sp³-hybridized carbons (Fsp3) is 0.0909. The van der Waals surface area contributed by atoms with Crippen LogP contribution in [-0.2, 0) is 0 Å². The molecule has 2 N–H and O–H groups in total. The Morgan fingerprint density at radius 1 is 0.929 bits per heavy atom. The summed E-state index contributed by atoms with van der Waals surface area (Å²) in [7, 11) is 0. The molecule has 0 atom stereocenters. The smallest absolute Gasteiger partial charge is 0.266 e. The number of para-hydroxylation sites is 1. The van der Waals surface area contributed by atoms with Crippen molar-refractivity contribution in [1.29, 1.82) is 0 Å². The Balaban J connectivity index is 1.69. The van der Waals surface area contributed by atoms with E-state index in [2.05, 4.69) is 10.6 Å². The summed E-state index contributed by atoms with van der Waals surface area (Å²) in [4.78, 5) is 12.4. The van der Waals surface area contributed by atoms with Gasteiger partial charge < -0.3 is 15.4 Å². The van der Waals surface area contributed by atoms with E-state index in [1.54, 1.807) is 36.4 Å². The molecule has 0 spiro atoms. The Kier molecular flexibility index (Phi) is 6.01. The topological polar surface area (TPSA) is 50.4 Å². The number of carbonyl (C=O) groups excluding carboxylic acids is 1. The summed E-state index contributed by atoms with van der Waals surface area (Å²) in [5.74, 6) is -0.532. The zero-order valence-electron chi connectivity index (χ0n) is 15.5. The highest BCUT2D eigenvalue weighted by Gasteiger charge is 2.11. The van der Waals surface area contributed by atoms with E-state index in [1.807, 2.05) is 32.0 Å². The summed E-state index contributed by atoms with van der Waals surface area (Å²) in [6.45, 7) is 4.01. The predicted molar refractivity (Wildman–Crippen MR) is 114 cm³/mol. The van der Waals surface area contributed by atoms with Crippen LogP contribution in [0.5, 0.6) is 5.75 Å². The number of halogens is 1. The number of rotatable bonds is 4. The summed E-state index contributed by atoms with van der Waals surface area (Å²) >= 11 is 5.27. The number of carbonyl (C=O) groups is 1. The Bertz CT molecular complexity index is 1040. The molecule has 0 radical (unpaired) electrons. The summed E-state index contributed by atoms with van der Waals surface area (Å²) in [5, 5.41) is 5.76. The summed E-state index contributed by atoms with van der Waals surface area (Å²) < 4.78 is 19.4. The largest absolute Gasteiger partial charge is 0.432 e. The van der Waals surface area contributed by atoms with Crippen LogP contribution in [0.2, 0.25) is 0 Å². The van der Waals surface area contributed by atoms with Crippen molar-refractivity contribution in [1.82, 2.24) is 0 Å². The fourth-order valence-electron chi connectivity index (χ4n) is 2.59. The van der Waals surface area contributed by atoms with Crippen molar-refractivity contribution < 1.29 is 13.9 Å². The van der Waals surface area contributed by atoms with E-state index in [1.165, 1.54) is 12.1 Å². The molecule has 0 saturated carbocycles. The van der Waals surface area contributed by atoms with Crippen molar-refractivity contribution in [3.05, 3.63) is 89.2 Å². The third-order valence-electron chi connectivity index (χ3n) is 4.27. The van der Waals surface area contributed by atoms with Gasteiger partial charge in [-0.25, -0.2) is 4.39 Å². The van der Waals surface area contributed by atoms with Gasteiger partial charge >= 0.3 is 0 Å². The van der Waals surface area contributed by atoms with E-state index in [0.717, 1.165) is 16.8 Å². The quantitative estimate of drug-likeness (QED) is 0.576. The molecule has 0 saturated heterocycles. The zero-order valence-corrected chi connectivity index (χ0v) is 16.3. The third-order valence-corrected chi connectivity index (χ3v) is 4.46. The number of nitrogens with one attached hydrogen (secondary N) is 2. The number of hydrogen-bond acceptors (Lipinski definition) is 3. The molecule has 6 heteroatoms. The molecule has 3 rings (SSSR count). The van der Waals surface area contributed by atoms with E-state index in [9.17, 15) is 9.18 Å². The van der Waals surface area contributed by atoms with Gasteiger partial charge in [0.2, 0.25) is 0 Å².